The lowest BCUT2D eigenvalue weighted by atomic mass is 9.94. The highest BCUT2D eigenvalue weighted by Crippen LogP contribution is 2.22. The summed E-state index contributed by atoms with van der Waals surface area (Å²) in [5, 5.41) is 6.46. The molecule has 2 aromatic rings. The molecule has 0 unspecified atom stereocenters. The lowest BCUT2D eigenvalue weighted by Gasteiger charge is -2.13. The standard InChI is InChI=1S/C17H26N4O2/c1-11-7-13(12(2)22-11)8-20-16(18-6)21-10-15-19-9-14(23-15)17(3,4)5/h7,9H,8,10H2,1-6H3,(H2,18,20,21). The predicted octanol–water partition coefficient (Wildman–Crippen LogP) is 3.05. The van der Waals surface area contributed by atoms with Crippen LogP contribution in [-0.4, -0.2) is 18.0 Å². The number of hydrogen-bond donors (Lipinski definition) is 2. The first kappa shape index (κ1) is 17.1. The zero-order chi connectivity index (χ0) is 17.0. The summed E-state index contributed by atoms with van der Waals surface area (Å²) in [6.45, 7) is 11.3. The summed E-state index contributed by atoms with van der Waals surface area (Å²) in [5.74, 6) is 4.05. The Bertz CT molecular complexity index is 677. The van der Waals surface area contributed by atoms with Crippen molar-refractivity contribution >= 4 is 5.96 Å². The molecule has 2 N–H and O–H groups in total. The number of aromatic nitrogens is 1. The third-order valence-corrected chi connectivity index (χ3v) is 3.51. The molecule has 0 saturated carbocycles. The molecule has 0 saturated heterocycles. The Kier molecular flexibility index (Phi) is 5.13. The van der Waals surface area contributed by atoms with Crippen LogP contribution in [0.4, 0.5) is 0 Å². The first-order valence-corrected chi connectivity index (χ1v) is 7.75. The summed E-state index contributed by atoms with van der Waals surface area (Å²) in [4.78, 5) is 8.50. The van der Waals surface area contributed by atoms with Gasteiger partial charge in [-0.15, -0.1) is 0 Å². The highest BCUT2D eigenvalue weighted by atomic mass is 16.4. The van der Waals surface area contributed by atoms with Gasteiger partial charge >= 0.3 is 0 Å². The van der Waals surface area contributed by atoms with Crippen molar-refractivity contribution in [1.29, 1.82) is 0 Å². The fraction of sp³-hybridized carbons (Fsp3) is 0.529. The van der Waals surface area contributed by atoms with E-state index in [9.17, 15) is 0 Å². The molecule has 6 heteroatoms. The Hall–Kier alpha value is -2.24. The number of rotatable bonds is 4. The van der Waals surface area contributed by atoms with Gasteiger partial charge in [0.2, 0.25) is 5.89 Å². The van der Waals surface area contributed by atoms with E-state index < -0.39 is 0 Å². The average molecular weight is 318 g/mol. The number of furan rings is 1. The fourth-order valence-electron chi connectivity index (χ4n) is 2.16. The monoisotopic (exact) mass is 318 g/mol. The molecule has 0 fully saturated rings. The number of aliphatic imine (C=N–C) groups is 1. The minimum atomic E-state index is -0.0398. The van der Waals surface area contributed by atoms with Crippen molar-refractivity contribution in [3.8, 4) is 0 Å². The van der Waals surface area contributed by atoms with Crippen molar-refractivity contribution in [2.24, 2.45) is 4.99 Å². The van der Waals surface area contributed by atoms with Crippen LogP contribution in [0, 0.1) is 13.8 Å². The lowest BCUT2D eigenvalue weighted by Crippen LogP contribution is -2.36. The summed E-state index contributed by atoms with van der Waals surface area (Å²) >= 11 is 0. The van der Waals surface area contributed by atoms with Crippen LogP contribution in [0.3, 0.4) is 0 Å². The third-order valence-electron chi connectivity index (χ3n) is 3.51. The van der Waals surface area contributed by atoms with E-state index in [1.165, 1.54) is 0 Å². The number of guanidine groups is 1. The normalized spacial score (nSPS) is 12.5. The van der Waals surface area contributed by atoms with Crippen LogP contribution in [0.15, 0.2) is 26.1 Å². The predicted molar refractivity (Wildman–Crippen MR) is 90.4 cm³/mol. The second-order valence-electron chi connectivity index (χ2n) is 6.59. The van der Waals surface area contributed by atoms with Gasteiger partial charge in [-0.05, 0) is 19.9 Å². The molecule has 0 spiro atoms. The smallest absolute Gasteiger partial charge is 0.213 e. The molecule has 0 aliphatic rings. The van der Waals surface area contributed by atoms with Crippen molar-refractivity contribution in [3.05, 3.63) is 41.0 Å². The molecule has 0 bridgehead atoms. The van der Waals surface area contributed by atoms with Gasteiger partial charge in [0.1, 0.15) is 17.3 Å². The van der Waals surface area contributed by atoms with Crippen molar-refractivity contribution in [2.75, 3.05) is 7.05 Å². The first-order chi connectivity index (χ1) is 10.8. The van der Waals surface area contributed by atoms with E-state index in [4.69, 9.17) is 8.83 Å². The van der Waals surface area contributed by atoms with Crippen molar-refractivity contribution in [1.82, 2.24) is 15.6 Å². The first-order valence-electron chi connectivity index (χ1n) is 7.75. The van der Waals surface area contributed by atoms with E-state index in [-0.39, 0.29) is 5.41 Å². The van der Waals surface area contributed by atoms with Crippen molar-refractivity contribution in [2.45, 2.75) is 53.1 Å². The highest BCUT2D eigenvalue weighted by Gasteiger charge is 2.19. The molecule has 0 radical (unpaired) electrons. The molecule has 2 rings (SSSR count). The third kappa shape index (κ3) is 4.61. The molecular weight excluding hydrogens is 292 g/mol. The highest BCUT2D eigenvalue weighted by molar-refractivity contribution is 5.79. The van der Waals surface area contributed by atoms with E-state index in [1.807, 2.05) is 19.9 Å². The van der Waals surface area contributed by atoms with Crippen LogP contribution >= 0.6 is 0 Å². The summed E-state index contributed by atoms with van der Waals surface area (Å²) in [6, 6.07) is 2.03. The maximum absolute atomic E-state index is 5.76. The quantitative estimate of drug-likeness (QED) is 0.669. The number of aryl methyl sites for hydroxylation is 2. The summed E-state index contributed by atoms with van der Waals surface area (Å²) in [6.07, 6.45) is 1.78. The molecule has 23 heavy (non-hydrogen) atoms. The van der Waals surface area contributed by atoms with Gasteiger partial charge in [0.15, 0.2) is 5.96 Å². The van der Waals surface area contributed by atoms with Crippen LogP contribution in [-0.2, 0) is 18.5 Å². The van der Waals surface area contributed by atoms with Gasteiger partial charge in [-0.3, -0.25) is 4.99 Å². The second-order valence-corrected chi connectivity index (χ2v) is 6.59. The van der Waals surface area contributed by atoms with Gasteiger partial charge in [0.05, 0.1) is 12.7 Å². The molecule has 2 heterocycles. The molecule has 0 aromatic carbocycles. The number of nitrogens with one attached hydrogen (secondary N) is 2. The Morgan fingerprint density at radius 3 is 2.39 bits per heavy atom. The minimum absolute atomic E-state index is 0.0398. The van der Waals surface area contributed by atoms with Crippen LogP contribution in [0.25, 0.3) is 0 Å². The van der Waals surface area contributed by atoms with E-state index >= 15 is 0 Å². The van der Waals surface area contributed by atoms with Gasteiger partial charge in [0.25, 0.3) is 0 Å². The van der Waals surface area contributed by atoms with Crippen LogP contribution < -0.4 is 10.6 Å². The zero-order valence-electron chi connectivity index (χ0n) is 14.8. The Morgan fingerprint density at radius 2 is 1.87 bits per heavy atom. The fourth-order valence-corrected chi connectivity index (χ4v) is 2.16. The minimum Gasteiger partial charge on any atom is -0.466 e. The molecule has 2 aromatic heterocycles. The number of nitrogens with zero attached hydrogens (tertiary/aromatic N) is 2. The second kappa shape index (κ2) is 6.89. The molecule has 126 valence electrons. The number of oxazole rings is 1. The van der Waals surface area contributed by atoms with Gasteiger partial charge in [-0.1, -0.05) is 20.8 Å². The van der Waals surface area contributed by atoms with E-state index in [2.05, 4.69) is 41.4 Å². The van der Waals surface area contributed by atoms with Crippen LogP contribution in [0.5, 0.6) is 0 Å². The SMILES string of the molecule is CN=C(NCc1ncc(C(C)(C)C)o1)NCc1cc(C)oc1C. The van der Waals surface area contributed by atoms with Gasteiger partial charge in [0, 0.05) is 24.6 Å². The largest absolute Gasteiger partial charge is 0.466 e. The maximum Gasteiger partial charge on any atom is 0.213 e. The van der Waals surface area contributed by atoms with E-state index in [0.717, 1.165) is 22.8 Å². The molecule has 0 aliphatic heterocycles. The number of hydrogen-bond acceptors (Lipinski definition) is 4. The van der Waals surface area contributed by atoms with E-state index in [0.29, 0.717) is 24.9 Å². The topological polar surface area (TPSA) is 75.6 Å². The average Bonchev–Trinajstić information content (AvgIpc) is 3.05. The van der Waals surface area contributed by atoms with Crippen molar-refractivity contribution in [3.63, 3.8) is 0 Å². The zero-order valence-corrected chi connectivity index (χ0v) is 14.8. The van der Waals surface area contributed by atoms with Crippen molar-refractivity contribution < 1.29 is 8.83 Å². The summed E-state index contributed by atoms with van der Waals surface area (Å²) < 4.78 is 11.3. The molecule has 6 nitrogen and oxygen atoms in total. The Balaban J connectivity index is 1.88. The Morgan fingerprint density at radius 1 is 1.17 bits per heavy atom. The van der Waals surface area contributed by atoms with Gasteiger partial charge in [-0.2, -0.15) is 0 Å². The molecule has 0 atom stereocenters. The Labute approximate surface area is 137 Å². The van der Waals surface area contributed by atoms with Crippen LogP contribution in [0.2, 0.25) is 0 Å². The lowest BCUT2D eigenvalue weighted by molar-refractivity contribution is 0.379. The van der Waals surface area contributed by atoms with E-state index in [1.54, 1.807) is 13.2 Å². The van der Waals surface area contributed by atoms with Crippen LogP contribution in [0.1, 0.15) is 49.5 Å². The maximum atomic E-state index is 5.76. The molecular formula is C17H26N4O2. The summed E-state index contributed by atoms with van der Waals surface area (Å²) in [7, 11) is 1.74. The van der Waals surface area contributed by atoms with Gasteiger partial charge < -0.3 is 19.5 Å². The van der Waals surface area contributed by atoms with Gasteiger partial charge in [-0.25, -0.2) is 4.98 Å². The summed E-state index contributed by atoms with van der Waals surface area (Å²) in [5.41, 5.74) is 1.08. The molecule has 0 amide bonds. The molecule has 0 aliphatic carbocycles.